The Kier molecular flexibility index (Phi) is 6.11. The van der Waals surface area contributed by atoms with E-state index in [0.717, 1.165) is 17.3 Å². The zero-order valence-electron chi connectivity index (χ0n) is 20.0. The number of nitrogens with one attached hydrogen (secondary N) is 3. The first kappa shape index (κ1) is 24.0. The molecular weight excluding hydrogens is 446 g/mol. The Morgan fingerprint density at radius 3 is 2.71 bits per heavy atom. The molecule has 0 bridgehead atoms. The summed E-state index contributed by atoms with van der Waals surface area (Å²) in [4.78, 5) is 34.2. The van der Waals surface area contributed by atoms with Gasteiger partial charge in [0.05, 0.1) is 36.2 Å². The minimum absolute atomic E-state index is 0.0157. The number of nitrogens with two attached hydrogens (primary N) is 1. The molecule has 182 valence electrons. The first-order valence-corrected chi connectivity index (χ1v) is 11.3. The molecule has 2 aromatic rings. The van der Waals surface area contributed by atoms with Gasteiger partial charge in [0.25, 0.3) is 5.91 Å². The van der Waals surface area contributed by atoms with Gasteiger partial charge in [0.15, 0.2) is 0 Å². The summed E-state index contributed by atoms with van der Waals surface area (Å²) < 4.78 is 5.21. The Hall–Kier alpha value is -4.13. The third kappa shape index (κ3) is 4.49. The lowest BCUT2D eigenvalue weighted by molar-refractivity contribution is -0.134. The van der Waals surface area contributed by atoms with E-state index >= 15 is 0 Å². The molecule has 35 heavy (non-hydrogen) atoms. The molecule has 2 aromatic heterocycles. The normalized spacial score (nSPS) is 20.4. The van der Waals surface area contributed by atoms with E-state index in [2.05, 4.69) is 21.4 Å². The van der Waals surface area contributed by atoms with E-state index < -0.39 is 11.3 Å². The van der Waals surface area contributed by atoms with E-state index in [0.29, 0.717) is 43.2 Å². The van der Waals surface area contributed by atoms with E-state index in [9.17, 15) is 14.9 Å². The highest BCUT2D eigenvalue weighted by molar-refractivity contribution is 6.16. The number of primary amides is 1. The summed E-state index contributed by atoms with van der Waals surface area (Å²) in [6.45, 7) is 4.90. The molecule has 5 N–H and O–H groups in total. The van der Waals surface area contributed by atoms with Crippen LogP contribution in [0.5, 0.6) is 5.88 Å². The van der Waals surface area contributed by atoms with Gasteiger partial charge >= 0.3 is 0 Å². The van der Waals surface area contributed by atoms with Gasteiger partial charge in [-0.1, -0.05) is 13.8 Å². The molecule has 3 heterocycles. The summed E-state index contributed by atoms with van der Waals surface area (Å²) in [6.07, 6.45) is 5.54. The number of hydrogen-bond donors (Lipinski definition) is 4. The van der Waals surface area contributed by atoms with Gasteiger partial charge in [-0.25, -0.2) is 4.98 Å². The van der Waals surface area contributed by atoms with Crippen molar-refractivity contribution in [2.24, 2.45) is 16.6 Å². The maximum Gasteiger partial charge on any atom is 0.252 e. The van der Waals surface area contributed by atoms with Gasteiger partial charge in [0.2, 0.25) is 11.8 Å². The molecule has 10 nitrogen and oxygen atoms in total. The van der Waals surface area contributed by atoms with Crippen molar-refractivity contribution >= 4 is 23.7 Å². The molecule has 2 amide bonds. The van der Waals surface area contributed by atoms with Gasteiger partial charge < -0.3 is 31.1 Å². The van der Waals surface area contributed by atoms with Crippen LogP contribution in [0.25, 0.3) is 16.8 Å². The average Bonchev–Trinajstić information content (AvgIpc) is 3.38. The summed E-state index contributed by atoms with van der Waals surface area (Å²) in [7, 11) is 1.54. The molecule has 1 saturated heterocycles. The Balaban J connectivity index is 1.66. The second kappa shape index (κ2) is 8.91. The van der Waals surface area contributed by atoms with Gasteiger partial charge in [0.1, 0.15) is 5.41 Å². The third-order valence-electron chi connectivity index (χ3n) is 6.83. The van der Waals surface area contributed by atoms with Crippen molar-refractivity contribution in [2.45, 2.75) is 32.7 Å². The van der Waals surface area contributed by atoms with Crippen molar-refractivity contribution in [1.29, 1.82) is 10.7 Å². The Bertz CT molecular complexity index is 1250. The molecule has 1 saturated carbocycles. The van der Waals surface area contributed by atoms with Gasteiger partial charge in [0, 0.05) is 48.7 Å². The van der Waals surface area contributed by atoms with Crippen LogP contribution in [-0.4, -0.2) is 59.1 Å². The lowest BCUT2D eigenvalue weighted by atomic mass is 9.87. The molecule has 0 spiro atoms. The van der Waals surface area contributed by atoms with Crippen molar-refractivity contribution in [1.82, 2.24) is 20.2 Å². The highest BCUT2D eigenvalue weighted by Gasteiger charge is 2.55. The van der Waals surface area contributed by atoms with Crippen LogP contribution in [-0.2, 0) is 9.59 Å². The SMILES string of the molecule is COc1cc(-c2c[nH]c(/C(NC3CN(C(=O)C4(C#N)CC4)CC3(C)C)=C(\C=N)C(N)=O)c2)ccn1. The van der Waals surface area contributed by atoms with Crippen LogP contribution in [0.2, 0.25) is 0 Å². The summed E-state index contributed by atoms with van der Waals surface area (Å²) in [5, 5.41) is 20.7. The monoisotopic (exact) mass is 475 g/mol. The van der Waals surface area contributed by atoms with Crippen molar-refractivity contribution in [2.75, 3.05) is 20.2 Å². The minimum Gasteiger partial charge on any atom is -0.481 e. The summed E-state index contributed by atoms with van der Waals surface area (Å²) in [5.41, 5.74) is 7.03. The third-order valence-corrected chi connectivity index (χ3v) is 6.83. The van der Waals surface area contributed by atoms with Gasteiger partial charge in [-0.05, 0) is 30.5 Å². The number of methoxy groups -OCH3 is 1. The number of nitriles is 1. The standard InChI is InChI=1S/C25H29N7O3/c1-24(2)14-32(23(34)25(13-27)5-6-25)12-19(24)31-21(17(10-26)22(28)33)18-8-16(11-30-18)15-4-7-29-20(9-15)35-3/h4,7-11,19,26,30-31H,5-6,12,14H2,1-3H3,(H2,28,33)/b21-17-,26-10?. The van der Waals surface area contributed by atoms with Crippen molar-refractivity contribution in [3.63, 3.8) is 0 Å². The molecule has 2 fully saturated rings. The van der Waals surface area contributed by atoms with Crippen molar-refractivity contribution < 1.29 is 14.3 Å². The Morgan fingerprint density at radius 2 is 2.11 bits per heavy atom. The number of aromatic nitrogens is 2. The number of ether oxygens (including phenoxy) is 1. The van der Waals surface area contributed by atoms with Crippen LogP contribution in [0.1, 0.15) is 32.4 Å². The summed E-state index contributed by atoms with van der Waals surface area (Å²) >= 11 is 0. The molecule has 1 aliphatic carbocycles. The van der Waals surface area contributed by atoms with E-state index in [1.54, 1.807) is 30.5 Å². The van der Waals surface area contributed by atoms with Gasteiger partial charge in [-0.2, -0.15) is 5.26 Å². The number of nitrogens with zero attached hydrogens (tertiary/aromatic N) is 3. The number of pyridine rings is 1. The first-order valence-electron chi connectivity index (χ1n) is 11.3. The number of aromatic amines is 1. The smallest absolute Gasteiger partial charge is 0.252 e. The van der Waals surface area contributed by atoms with Crippen molar-refractivity contribution in [3.05, 3.63) is 41.9 Å². The largest absolute Gasteiger partial charge is 0.481 e. The molecule has 0 aromatic carbocycles. The molecule has 1 atom stereocenters. The van der Waals surface area contributed by atoms with Crippen LogP contribution < -0.4 is 15.8 Å². The molecule has 1 aliphatic heterocycles. The first-order chi connectivity index (χ1) is 16.6. The molecule has 4 rings (SSSR count). The average molecular weight is 476 g/mol. The second-order valence-corrected chi connectivity index (χ2v) is 9.75. The number of H-pyrrole nitrogens is 1. The Labute approximate surface area is 203 Å². The fourth-order valence-electron chi connectivity index (χ4n) is 4.48. The van der Waals surface area contributed by atoms with Crippen LogP contribution in [0, 0.1) is 27.6 Å². The number of likely N-dealkylation sites (tertiary alicyclic amines) is 1. The fraction of sp³-hybridized carbons (Fsp3) is 0.400. The molecular formula is C25H29N7O3. The maximum absolute atomic E-state index is 13.0. The lowest BCUT2D eigenvalue weighted by Gasteiger charge is -2.28. The van der Waals surface area contributed by atoms with Gasteiger partial charge in [-0.3, -0.25) is 9.59 Å². The molecule has 0 radical (unpaired) electrons. The van der Waals surface area contributed by atoms with E-state index in [1.807, 2.05) is 26.0 Å². The maximum atomic E-state index is 13.0. The number of hydrogen-bond acceptors (Lipinski definition) is 7. The highest BCUT2D eigenvalue weighted by atomic mass is 16.5. The number of rotatable bonds is 8. The van der Waals surface area contributed by atoms with Crippen LogP contribution >= 0.6 is 0 Å². The fourth-order valence-corrected chi connectivity index (χ4v) is 4.48. The zero-order chi connectivity index (χ0) is 25.4. The quantitative estimate of drug-likeness (QED) is 0.337. The minimum atomic E-state index is -0.892. The summed E-state index contributed by atoms with van der Waals surface area (Å²) in [5.74, 6) is -0.409. The van der Waals surface area contributed by atoms with Crippen LogP contribution in [0.15, 0.2) is 36.2 Å². The number of amides is 2. The molecule has 2 aliphatic rings. The van der Waals surface area contributed by atoms with Crippen molar-refractivity contribution in [3.8, 4) is 23.1 Å². The molecule has 10 heteroatoms. The number of carbonyl (C=O) groups excluding carboxylic acids is 2. The van der Waals surface area contributed by atoms with Gasteiger partial charge in [-0.15, -0.1) is 0 Å². The highest BCUT2D eigenvalue weighted by Crippen LogP contribution is 2.48. The van der Waals surface area contributed by atoms with Crippen LogP contribution in [0.3, 0.4) is 0 Å². The summed E-state index contributed by atoms with van der Waals surface area (Å²) in [6, 6.07) is 7.42. The lowest BCUT2D eigenvalue weighted by Crippen LogP contribution is -2.41. The zero-order valence-corrected chi connectivity index (χ0v) is 20.0. The van der Waals surface area contributed by atoms with E-state index in [1.165, 1.54) is 0 Å². The predicted octanol–water partition coefficient (Wildman–Crippen LogP) is 2.06. The molecule has 1 unspecified atom stereocenters. The Morgan fingerprint density at radius 1 is 1.37 bits per heavy atom. The second-order valence-electron chi connectivity index (χ2n) is 9.75. The number of carbonyl (C=O) groups is 2. The predicted molar refractivity (Wildman–Crippen MR) is 130 cm³/mol. The van der Waals surface area contributed by atoms with Crippen LogP contribution in [0.4, 0.5) is 0 Å². The van der Waals surface area contributed by atoms with E-state index in [-0.39, 0.29) is 22.9 Å². The topological polar surface area (TPSA) is 161 Å². The van der Waals surface area contributed by atoms with E-state index in [4.69, 9.17) is 15.9 Å².